The lowest BCUT2D eigenvalue weighted by Gasteiger charge is -2.12. The number of sulfonamides is 1. The van der Waals surface area contributed by atoms with E-state index in [1.54, 1.807) is 30.3 Å². The van der Waals surface area contributed by atoms with Crippen molar-refractivity contribution in [1.29, 1.82) is 0 Å². The summed E-state index contributed by atoms with van der Waals surface area (Å²) in [5.74, 6) is 0.632. The monoisotopic (exact) mass is 444 g/mol. The summed E-state index contributed by atoms with van der Waals surface area (Å²) in [6.07, 6.45) is 0. The second kappa shape index (κ2) is 7.89. The lowest BCUT2D eigenvalue weighted by molar-refractivity contribution is 0.102. The van der Waals surface area contributed by atoms with Crippen LogP contribution in [-0.4, -0.2) is 21.1 Å². The first-order valence-corrected chi connectivity index (χ1v) is 10.8. The fourth-order valence-electron chi connectivity index (χ4n) is 2.87. The Labute approximate surface area is 178 Å². The normalized spacial score (nSPS) is 12.5. The molecule has 0 saturated heterocycles. The van der Waals surface area contributed by atoms with Crippen molar-refractivity contribution >= 4 is 38.9 Å². The minimum absolute atomic E-state index is 0.120. The number of hydrogen-bond donors (Lipinski definition) is 2. The first kappa shape index (κ1) is 20.1. The zero-order chi connectivity index (χ0) is 21.3. The molecule has 0 saturated carbocycles. The van der Waals surface area contributed by atoms with Crippen molar-refractivity contribution in [3.8, 4) is 11.5 Å². The fraction of sp³-hybridized carbons (Fsp3) is 0.0952. The second-order valence-corrected chi connectivity index (χ2v) is 8.72. The fourth-order valence-corrected chi connectivity index (χ4v) is 4.12. The molecule has 1 heterocycles. The molecule has 2 N–H and O–H groups in total. The standard InChI is InChI=1S/C21H17ClN2O5S/c1-13-2-6-16(7-3-13)30(26,27)24-15-4-8-18(22)17(10-15)21(25)23-14-5-9-19-20(11-14)29-12-28-19/h2-11,24H,12H2,1H3,(H,23,25). The van der Waals surface area contributed by atoms with E-state index in [-0.39, 0.29) is 28.0 Å². The number of amides is 1. The van der Waals surface area contributed by atoms with Crippen molar-refractivity contribution in [2.45, 2.75) is 11.8 Å². The van der Waals surface area contributed by atoms with E-state index in [1.165, 1.54) is 30.3 Å². The first-order valence-electron chi connectivity index (χ1n) is 8.92. The summed E-state index contributed by atoms with van der Waals surface area (Å²) in [5, 5.41) is 2.91. The molecule has 1 aliphatic rings. The smallest absolute Gasteiger partial charge is 0.261 e. The highest BCUT2D eigenvalue weighted by atomic mass is 35.5. The molecular weight excluding hydrogens is 428 g/mol. The predicted molar refractivity (Wildman–Crippen MR) is 114 cm³/mol. The lowest BCUT2D eigenvalue weighted by Crippen LogP contribution is -2.15. The molecule has 3 aromatic rings. The van der Waals surface area contributed by atoms with Crippen molar-refractivity contribution < 1.29 is 22.7 Å². The molecule has 3 aromatic carbocycles. The van der Waals surface area contributed by atoms with E-state index in [2.05, 4.69) is 10.0 Å². The quantitative estimate of drug-likeness (QED) is 0.607. The summed E-state index contributed by atoms with van der Waals surface area (Å²) in [7, 11) is -3.81. The largest absolute Gasteiger partial charge is 0.454 e. The van der Waals surface area contributed by atoms with Gasteiger partial charge in [-0.1, -0.05) is 29.3 Å². The van der Waals surface area contributed by atoms with E-state index >= 15 is 0 Å². The Kier molecular flexibility index (Phi) is 5.27. The number of hydrogen-bond acceptors (Lipinski definition) is 5. The lowest BCUT2D eigenvalue weighted by atomic mass is 10.2. The highest BCUT2D eigenvalue weighted by Crippen LogP contribution is 2.34. The number of benzene rings is 3. The topological polar surface area (TPSA) is 93.7 Å². The number of nitrogens with one attached hydrogen (secondary N) is 2. The van der Waals surface area contributed by atoms with Gasteiger partial charge < -0.3 is 14.8 Å². The van der Waals surface area contributed by atoms with E-state index < -0.39 is 15.9 Å². The number of halogens is 1. The van der Waals surface area contributed by atoms with Crippen LogP contribution in [0.4, 0.5) is 11.4 Å². The Morgan fingerprint density at radius 3 is 2.40 bits per heavy atom. The molecule has 0 aromatic heterocycles. The molecule has 0 spiro atoms. The molecule has 0 aliphatic carbocycles. The Morgan fingerprint density at radius 1 is 0.933 bits per heavy atom. The van der Waals surface area contributed by atoms with Crippen LogP contribution in [0.2, 0.25) is 5.02 Å². The third kappa shape index (κ3) is 4.19. The molecule has 30 heavy (non-hydrogen) atoms. The Balaban J connectivity index is 1.55. The molecule has 4 rings (SSSR count). The first-order chi connectivity index (χ1) is 14.3. The third-order valence-electron chi connectivity index (χ3n) is 4.42. The number of ether oxygens (including phenoxy) is 2. The molecule has 154 valence electrons. The molecule has 1 amide bonds. The van der Waals surface area contributed by atoms with Crippen LogP contribution in [0.15, 0.2) is 65.6 Å². The highest BCUT2D eigenvalue weighted by molar-refractivity contribution is 7.92. The van der Waals surface area contributed by atoms with Gasteiger partial charge in [0.1, 0.15) is 0 Å². The van der Waals surface area contributed by atoms with Crippen LogP contribution < -0.4 is 19.5 Å². The van der Waals surface area contributed by atoms with Crippen molar-refractivity contribution in [1.82, 2.24) is 0 Å². The van der Waals surface area contributed by atoms with Crippen LogP contribution in [0, 0.1) is 6.92 Å². The number of rotatable bonds is 5. The Hall–Kier alpha value is -3.23. The third-order valence-corrected chi connectivity index (χ3v) is 6.15. The van der Waals surface area contributed by atoms with Crippen LogP contribution in [0.25, 0.3) is 0 Å². The summed E-state index contributed by atoms with van der Waals surface area (Å²) in [6.45, 7) is 2.00. The maximum atomic E-state index is 12.7. The van der Waals surface area contributed by atoms with Gasteiger partial charge in [-0.25, -0.2) is 8.42 Å². The van der Waals surface area contributed by atoms with E-state index in [1.807, 2.05) is 6.92 Å². The molecule has 0 radical (unpaired) electrons. The molecular formula is C21H17ClN2O5S. The Bertz CT molecular complexity index is 1230. The summed E-state index contributed by atoms with van der Waals surface area (Å²) in [4.78, 5) is 12.8. The van der Waals surface area contributed by atoms with Crippen molar-refractivity contribution in [2.75, 3.05) is 16.8 Å². The minimum Gasteiger partial charge on any atom is -0.454 e. The number of aryl methyl sites for hydroxylation is 1. The van der Waals surface area contributed by atoms with Gasteiger partial charge in [-0.05, 0) is 49.4 Å². The van der Waals surface area contributed by atoms with Crippen LogP contribution in [0.5, 0.6) is 11.5 Å². The van der Waals surface area contributed by atoms with Gasteiger partial charge >= 0.3 is 0 Å². The van der Waals surface area contributed by atoms with E-state index in [4.69, 9.17) is 21.1 Å². The highest BCUT2D eigenvalue weighted by Gasteiger charge is 2.18. The predicted octanol–water partition coefficient (Wildman–Crippen LogP) is 4.43. The van der Waals surface area contributed by atoms with Gasteiger partial charge in [-0.2, -0.15) is 0 Å². The van der Waals surface area contributed by atoms with Gasteiger partial charge in [-0.3, -0.25) is 9.52 Å². The van der Waals surface area contributed by atoms with E-state index in [0.717, 1.165) is 5.56 Å². The van der Waals surface area contributed by atoms with Crippen LogP contribution in [0.3, 0.4) is 0 Å². The molecule has 1 aliphatic heterocycles. The number of anilines is 2. The van der Waals surface area contributed by atoms with Gasteiger partial charge in [0.25, 0.3) is 15.9 Å². The SMILES string of the molecule is Cc1ccc(S(=O)(=O)Nc2ccc(Cl)c(C(=O)Nc3ccc4c(c3)OCO4)c2)cc1. The second-order valence-electron chi connectivity index (χ2n) is 6.64. The maximum absolute atomic E-state index is 12.7. The van der Waals surface area contributed by atoms with Crippen molar-refractivity contribution in [2.24, 2.45) is 0 Å². The van der Waals surface area contributed by atoms with Gasteiger partial charge in [0, 0.05) is 17.4 Å². The zero-order valence-electron chi connectivity index (χ0n) is 15.8. The average Bonchev–Trinajstić information content (AvgIpc) is 3.17. The summed E-state index contributed by atoms with van der Waals surface area (Å²) >= 11 is 6.17. The zero-order valence-corrected chi connectivity index (χ0v) is 17.4. The maximum Gasteiger partial charge on any atom is 0.261 e. The van der Waals surface area contributed by atoms with Gasteiger partial charge in [0.15, 0.2) is 11.5 Å². The molecule has 0 fully saturated rings. The minimum atomic E-state index is -3.81. The number of carbonyl (C=O) groups excluding carboxylic acids is 1. The van der Waals surface area contributed by atoms with E-state index in [9.17, 15) is 13.2 Å². The molecule has 9 heteroatoms. The molecule has 0 unspecified atom stereocenters. The molecule has 7 nitrogen and oxygen atoms in total. The van der Waals surface area contributed by atoms with Gasteiger partial charge in [0.2, 0.25) is 6.79 Å². The van der Waals surface area contributed by atoms with Crippen molar-refractivity contribution in [3.63, 3.8) is 0 Å². The Morgan fingerprint density at radius 2 is 1.63 bits per heavy atom. The van der Waals surface area contributed by atoms with Crippen LogP contribution in [0.1, 0.15) is 15.9 Å². The molecule has 0 atom stereocenters. The average molecular weight is 445 g/mol. The summed E-state index contributed by atoms with van der Waals surface area (Å²) < 4.78 is 38.2. The number of fused-ring (bicyclic) bond motifs is 1. The van der Waals surface area contributed by atoms with Crippen LogP contribution in [-0.2, 0) is 10.0 Å². The van der Waals surface area contributed by atoms with Gasteiger partial charge in [0.05, 0.1) is 15.5 Å². The summed E-state index contributed by atoms with van der Waals surface area (Å²) in [6, 6.07) is 15.8. The molecule has 0 bridgehead atoms. The van der Waals surface area contributed by atoms with E-state index in [0.29, 0.717) is 17.2 Å². The number of carbonyl (C=O) groups is 1. The van der Waals surface area contributed by atoms with Crippen molar-refractivity contribution in [3.05, 3.63) is 76.8 Å². The van der Waals surface area contributed by atoms with Gasteiger partial charge in [-0.15, -0.1) is 0 Å². The summed E-state index contributed by atoms with van der Waals surface area (Å²) in [5.41, 5.74) is 1.78. The van der Waals surface area contributed by atoms with Crippen LogP contribution >= 0.6 is 11.6 Å².